The van der Waals surface area contributed by atoms with Crippen LogP contribution in [0.1, 0.15) is 48.5 Å². The van der Waals surface area contributed by atoms with E-state index in [2.05, 4.69) is 17.2 Å². The van der Waals surface area contributed by atoms with E-state index in [4.69, 9.17) is 0 Å². The highest BCUT2D eigenvalue weighted by molar-refractivity contribution is 5.94. The first-order valence-electron chi connectivity index (χ1n) is 9.10. The molecule has 0 radical (unpaired) electrons. The topological polar surface area (TPSA) is 45.2 Å². The Morgan fingerprint density at radius 2 is 2.00 bits per heavy atom. The van der Waals surface area contributed by atoms with Gasteiger partial charge in [-0.15, -0.1) is 0 Å². The zero-order valence-corrected chi connectivity index (χ0v) is 15.1. The lowest BCUT2D eigenvalue weighted by Crippen LogP contribution is -2.43. The number of amides is 1. The summed E-state index contributed by atoms with van der Waals surface area (Å²) < 4.78 is 39.3. The molecule has 1 aromatic heterocycles. The molecule has 0 aliphatic carbocycles. The monoisotopic (exact) mass is 377 g/mol. The lowest BCUT2D eigenvalue weighted by molar-refractivity contribution is -0.136. The molecule has 0 saturated carbocycles. The maximum Gasteiger partial charge on any atom is 0.418 e. The summed E-state index contributed by atoms with van der Waals surface area (Å²) in [6, 6.07) is 8.61. The minimum Gasteiger partial charge on any atom is -0.340 e. The molecule has 3 rings (SSSR count). The average Bonchev–Trinajstić information content (AvgIpc) is 2.67. The van der Waals surface area contributed by atoms with Gasteiger partial charge in [0.05, 0.1) is 16.8 Å². The van der Waals surface area contributed by atoms with Crippen molar-refractivity contribution in [2.75, 3.05) is 11.9 Å². The highest BCUT2D eigenvalue weighted by atomic mass is 19.4. The Labute approximate surface area is 156 Å². The van der Waals surface area contributed by atoms with Crippen LogP contribution in [0.25, 0.3) is 0 Å². The summed E-state index contributed by atoms with van der Waals surface area (Å²) >= 11 is 0. The van der Waals surface area contributed by atoms with Gasteiger partial charge in [0, 0.05) is 18.8 Å². The normalized spacial score (nSPS) is 17.6. The first kappa shape index (κ1) is 19.2. The molecular formula is C20H22F3N3O. The van der Waals surface area contributed by atoms with E-state index in [1.165, 1.54) is 30.5 Å². The number of carbonyl (C=O) groups is 1. The molecule has 2 aromatic rings. The summed E-state index contributed by atoms with van der Waals surface area (Å²) in [4.78, 5) is 18.8. The molecule has 1 aliphatic rings. The number of nitrogens with zero attached hydrogens (tertiary/aromatic N) is 2. The van der Waals surface area contributed by atoms with Gasteiger partial charge >= 0.3 is 6.18 Å². The van der Waals surface area contributed by atoms with Crippen molar-refractivity contribution in [1.29, 1.82) is 0 Å². The van der Waals surface area contributed by atoms with Gasteiger partial charge in [-0.1, -0.05) is 19.1 Å². The fourth-order valence-electron chi connectivity index (χ4n) is 3.43. The summed E-state index contributed by atoms with van der Waals surface area (Å²) in [5.74, 6) is 0.185. The van der Waals surface area contributed by atoms with Crippen molar-refractivity contribution >= 4 is 17.4 Å². The molecule has 0 bridgehead atoms. The summed E-state index contributed by atoms with van der Waals surface area (Å²) in [5.41, 5.74) is -0.380. The second-order valence-corrected chi connectivity index (χ2v) is 6.66. The molecule has 1 amide bonds. The second kappa shape index (κ2) is 7.98. The van der Waals surface area contributed by atoms with E-state index in [9.17, 15) is 18.0 Å². The van der Waals surface area contributed by atoms with Gasteiger partial charge in [0.1, 0.15) is 5.82 Å². The predicted molar refractivity (Wildman–Crippen MR) is 97.9 cm³/mol. The fourth-order valence-corrected chi connectivity index (χ4v) is 3.43. The van der Waals surface area contributed by atoms with Gasteiger partial charge < -0.3 is 10.2 Å². The first-order valence-corrected chi connectivity index (χ1v) is 9.10. The standard InChI is InChI=1S/C20H22F3N3O/c1-2-15-7-5-6-12-26(15)19(27)14-10-11-18(24-13-14)25-17-9-4-3-8-16(17)20(21,22)23/h3-4,8-11,13,15H,2,5-7,12H2,1H3,(H,24,25). The maximum atomic E-state index is 13.1. The Kier molecular flexibility index (Phi) is 5.68. The van der Waals surface area contributed by atoms with Crippen molar-refractivity contribution < 1.29 is 18.0 Å². The van der Waals surface area contributed by atoms with E-state index in [0.717, 1.165) is 38.3 Å². The van der Waals surface area contributed by atoms with E-state index in [0.29, 0.717) is 5.56 Å². The van der Waals surface area contributed by atoms with Crippen molar-refractivity contribution in [3.63, 3.8) is 0 Å². The molecule has 0 spiro atoms. The summed E-state index contributed by atoms with van der Waals surface area (Å²) in [5, 5.41) is 2.69. The second-order valence-electron chi connectivity index (χ2n) is 6.66. The predicted octanol–water partition coefficient (Wildman–Crippen LogP) is 5.25. The quantitative estimate of drug-likeness (QED) is 0.792. The van der Waals surface area contributed by atoms with E-state index in [1.54, 1.807) is 6.07 Å². The third-order valence-corrected chi connectivity index (χ3v) is 4.86. The molecule has 144 valence electrons. The van der Waals surface area contributed by atoms with Gasteiger partial charge in [0.25, 0.3) is 5.91 Å². The number of anilines is 2. The van der Waals surface area contributed by atoms with Crippen LogP contribution in [0.15, 0.2) is 42.6 Å². The number of likely N-dealkylation sites (tertiary alicyclic amines) is 1. The van der Waals surface area contributed by atoms with E-state index in [1.807, 2.05) is 4.90 Å². The lowest BCUT2D eigenvalue weighted by Gasteiger charge is -2.35. The van der Waals surface area contributed by atoms with Crippen LogP contribution in [0.3, 0.4) is 0 Å². The van der Waals surface area contributed by atoms with E-state index < -0.39 is 11.7 Å². The number of piperidine rings is 1. The zero-order valence-electron chi connectivity index (χ0n) is 15.1. The Hall–Kier alpha value is -2.57. The Morgan fingerprint density at radius 3 is 2.67 bits per heavy atom. The molecular weight excluding hydrogens is 355 g/mol. The van der Waals surface area contributed by atoms with Gasteiger partial charge in [0.2, 0.25) is 0 Å². The summed E-state index contributed by atoms with van der Waals surface area (Å²) in [6.07, 6.45) is 0.993. The molecule has 1 fully saturated rings. The molecule has 4 nitrogen and oxygen atoms in total. The minimum atomic E-state index is -4.46. The number of hydrogen-bond acceptors (Lipinski definition) is 3. The van der Waals surface area contributed by atoms with Crippen LogP contribution in [0.2, 0.25) is 0 Å². The smallest absolute Gasteiger partial charge is 0.340 e. The summed E-state index contributed by atoms with van der Waals surface area (Å²) in [7, 11) is 0. The molecule has 1 atom stereocenters. The molecule has 2 heterocycles. The Balaban J connectivity index is 1.76. The SMILES string of the molecule is CCC1CCCCN1C(=O)c1ccc(Nc2ccccc2C(F)(F)F)nc1. The highest BCUT2D eigenvalue weighted by Gasteiger charge is 2.33. The van der Waals surface area contributed by atoms with Crippen molar-refractivity contribution in [2.24, 2.45) is 0 Å². The maximum absolute atomic E-state index is 13.1. The Morgan fingerprint density at radius 1 is 1.22 bits per heavy atom. The number of aromatic nitrogens is 1. The molecule has 7 heteroatoms. The van der Waals surface area contributed by atoms with Crippen LogP contribution in [0, 0.1) is 0 Å². The van der Waals surface area contributed by atoms with Crippen LogP contribution >= 0.6 is 0 Å². The number of para-hydroxylation sites is 1. The van der Waals surface area contributed by atoms with Gasteiger partial charge in [-0.05, 0) is 49.9 Å². The van der Waals surface area contributed by atoms with Gasteiger partial charge in [-0.3, -0.25) is 4.79 Å². The molecule has 1 N–H and O–H groups in total. The Bertz CT molecular complexity index is 790. The van der Waals surface area contributed by atoms with Crippen LogP contribution in [-0.2, 0) is 6.18 Å². The number of carbonyl (C=O) groups excluding carboxylic acids is 1. The molecule has 1 saturated heterocycles. The van der Waals surface area contributed by atoms with Crippen molar-refractivity contribution in [1.82, 2.24) is 9.88 Å². The van der Waals surface area contributed by atoms with Crippen molar-refractivity contribution in [3.05, 3.63) is 53.7 Å². The van der Waals surface area contributed by atoms with Crippen LogP contribution in [0.5, 0.6) is 0 Å². The minimum absolute atomic E-state index is 0.0707. The number of rotatable bonds is 4. The number of benzene rings is 1. The van der Waals surface area contributed by atoms with Crippen LogP contribution < -0.4 is 5.32 Å². The van der Waals surface area contributed by atoms with Crippen LogP contribution in [-0.4, -0.2) is 28.4 Å². The summed E-state index contributed by atoms with van der Waals surface area (Å²) in [6.45, 7) is 2.80. The van der Waals surface area contributed by atoms with Crippen molar-refractivity contribution in [3.8, 4) is 0 Å². The van der Waals surface area contributed by atoms with E-state index in [-0.39, 0.29) is 23.5 Å². The van der Waals surface area contributed by atoms with Crippen LogP contribution in [0.4, 0.5) is 24.7 Å². The number of alkyl halides is 3. The van der Waals surface area contributed by atoms with E-state index >= 15 is 0 Å². The largest absolute Gasteiger partial charge is 0.418 e. The molecule has 1 aliphatic heterocycles. The average molecular weight is 377 g/mol. The number of hydrogen-bond donors (Lipinski definition) is 1. The molecule has 1 unspecified atom stereocenters. The zero-order chi connectivity index (χ0) is 19.4. The third-order valence-electron chi connectivity index (χ3n) is 4.86. The number of pyridine rings is 1. The number of halogens is 3. The molecule has 27 heavy (non-hydrogen) atoms. The first-order chi connectivity index (χ1) is 12.9. The number of nitrogens with one attached hydrogen (secondary N) is 1. The van der Waals surface area contributed by atoms with Gasteiger partial charge in [-0.2, -0.15) is 13.2 Å². The van der Waals surface area contributed by atoms with Crippen molar-refractivity contribution in [2.45, 2.75) is 44.8 Å². The highest BCUT2D eigenvalue weighted by Crippen LogP contribution is 2.35. The van der Waals surface area contributed by atoms with Gasteiger partial charge in [-0.25, -0.2) is 4.98 Å². The lowest BCUT2D eigenvalue weighted by atomic mass is 9.99. The third kappa shape index (κ3) is 4.40. The fraction of sp³-hybridized carbons (Fsp3) is 0.400. The molecule has 1 aromatic carbocycles. The van der Waals surface area contributed by atoms with Gasteiger partial charge in [0.15, 0.2) is 0 Å².